The van der Waals surface area contributed by atoms with Crippen molar-refractivity contribution < 1.29 is 4.57 Å². The molecule has 0 aliphatic heterocycles. The Kier molecular flexibility index (Phi) is 5.77. The quantitative estimate of drug-likeness (QED) is 0.160. The summed E-state index contributed by atoms with van der Waals surface area (Å²) in [5.74, 6) is 0. The summed E-state index contributed by atoms with van der Waals surface area (Å²) >= 11 is 0. The second-order valence-electron chi connectivity index (χ2n) is 10.7. The normalized spacial score (nSPS) is 11.9. The van der Waals surface area contributed by atoms with Crippen LogP contribution in [0.3, 0.4) is 0 Å². The zero-order valence-corrected chi connectivity index (χ0v) is 23.7. The lowest BCUT2D eigenvalue weighted by Gasteiger charge is -2.21. The molecule has 0 atom stereocenters. The van der Waals surface area contributed by atoms with E-state index in [-0.39, 0.29) is 0 Å². The van der Waals surface area contributed by atoms with Gasteiger partial charge in [-0.2, -0.15) is 0 Å². The van der Waals surface area contributed by atoms with E-state index in [0.29, 0.717) is 0 Å². The van der Waals surface area contributed by atoms with Gasteiger partial charge in [-0.15, -0.1) is 0 Å². The van der Waals surface area contributed by atoms with E-state index in [1.807, 2.05) is 78.9 Å². The third-order valence-corrected chi connectivity index (χ3v) is 11.4. The van der Waals surface area contributed by atoms with Crippen LogP contribution in [-0.2, 0) is 4.57 Å². The van der Waals surface area contributed by atoms with Gasteiger partial charge < -0.3 is 4.57 Å². The standard InChI is InChI=1S/C39H26NOP/c41-42(28-16-6-2-7-17-28,29-18-8-3-9-19-29)30-24-25-34-36(26-30)38(27-14-4-1-5-15-27)40-39-35-23-13-11-21-32(35)31-20-10-12-22-33(31)37(34)39/h1-26H. The van der Waals surface area contributed by atoms with E-state index in [0.717, 1.165) is 54.2 Å². The van der Waals surface area contributed by atoms with E-state index in [1.165, 1.54) is 16.2 Å². The van der Waals surface area contributed by atoms with Gasteiger partial charge in [0, 0.05) is 37.6 Å². The maximum Gasteiger partial charge on any atom is 0.171 e. The van der Waals surface area contributed by atoms with Gasteiger partial charge >= 0.3 is 0 Å². The van der Waals surface area contributed by atoms with Crippen LogP contribution in [0.1, 0.15) is 0 Å². The molecular weight excluding hydrogens is 529 g/mol. The fourth-order valence-corrected chi connectivity index (χ4v) is 9.04. The lowest BCUT2D eigenvalue weighted by Crippen LogP contribution is -2.25. The molecule has 8 rings (SSSR count). The van der Waals surface area contributed by atoms with E-state index in [9.17, 15) is 0 Å². The Labute approximate surface area is 244 Å². The van der Waals surface area contributed by atoms with Crippen molar-refractivity contribution in [3.8, 4) is 11.3 Å². The second-order valence-corrected chi connectivity index (χ2v) is 13.4. The minimum absolute atomic E-state index is 0.802. The van der Waals surface area contributed by atoms with E-state index in [2.05, 4.69) is 78.9 Å². The van der Waals surface area contributed by atoms with Gasteiger partial charge in [0.2, 0.25) is 0 Å². The van der Waals surface area contributed by atoms with Crippen LogP contribution in [-0.4, -0.2) is 4.98 Å². The number of fused-ring (bicyclic) bond motifs is 8. The second kappa shape index (κ2) is 9.80. The van der Waals surface area contributed by atoms with Gasteiger partial charge in [-0.25, -0.2) is 4.98 Å². The number of hydrogen-bond acceptors (Lipinski definition) is 2. The molecule has 0 saturated heterocycles. The van der Waals surface area contributed by atoms with Crippen LogP contribution >= 0.6 is 7.14 Å². The van der Waals surface area contributed by atoms with Crippen molar-refractivity contribution in [2.45, 2.75) is 0 Å². The first kappa shape index (κ1) is 24.7. The molecule has 7 aromatic carbocycles. The molecule has 1 heterocycles. The molecule has 3 heteroatoms. The summed E-state index contributed by atoms with van der Waals surface area (Å²) in [5.41, 5.74) is 2.92. The van der Waals surface area contributed by atoms with Gasteiger partial charge in [-0.1, -0.05) is 152 Å². The third-order valence-electron chi connectivity index (χ3n) is 8.31. The van der Waals surface area contributed by atoms with Gasteiger partial charge in [0.25, 0.3) is 0 Å². The Morgan fingerprint density at radius 1 is 0.405 bits per heavy atom. The average molecular weight is 556 g/mol. The SMILES string of the molecule is O=P(c1ccccc1)(c1ccccc1)c1ccc2c(c1)c(-c1ccccc1)nc1c3ccccc3c3ccccc3c21. The van der Waals surface area contributed by atoms with Crippen molar-refractivity contribution in [2.24, 2.45) is 0 Å². The number of benzene rings is 7. The minimum Gasteiger partial charge on any atom is -0.309 e. The first-order chi connectivity index (χ1) is 20.7. The smallest absolute Gasteiger partial charge is 0.171 e. The lowest BCUT2D eigenvalue weighted by molar-refractivity contribution is 0.592. The number of hydrogen-bond donors (Lipinski definition) is 0. The predicted octanol–water partition coefficient (Wildman–Crippen LogP) is 9.00. The first-order valence-electron chi connectivity index (χ1n) is 14.2. The molecule has 0 N–H and O–H groups in total. The molecule has 0 spiro atoms. The molecule has 0 amide bonds. The van der Waals surface area contributed by atoms with Gasteiger partial charge in [0.15, 0.2) is 7.14 Å². The number of pyridine rings is 1. The zero-order chi connectivity index (χ0) is 28.1. The summed E-state index contributed by atoms with van der Waals surface area (Å²) in [6.45, 7) is 0. The van der Waals surface area contributed by atoms with E-state index in [4.69, 9.17) is 4.98 Å². The van der Waals surface area contributed by atoms with Crippen LogP contribution in [0.5, 0.6) is 0 Å². The Balaban J connectivity index is 1.55. The maximum absolute atomic E-state index is 15.3. The molecule has 0 aliphatic rings. The van der Waals surface area contributed by atoms with Gasteiger partial charge in [0.1, 0.15) is 0 Å². The molecule has 0 saturated carbocycles. The number of aromatic nitrogens is 1. The Morgan fingerprint density at radius 3 is 1.50 bits per heavy atom. The highest BCUT2D eigenvalue weighted by molar-refractivity contribution is 7.85. The predicted molar refractivity (Wildman–Crippen MR) is 179 cm³/mol. The van der Waals surface area contributed by atoms with Crippen LogP contribution in [0.25, 0.3) is 54.5 Å². The maximum atomic E-state index is 15.3. The highest BCUT2D eigenvalue weighted by Crippen LogP contribution is 2.45. The fourth-order valence-electron chi connectivity index (χ4n) is 6.36. The Hall–Kier alpha value is -5.04. The molecule has 0 radical (unpaired) electrons. The summed E-state index contributed by atoms with van der Waals surface area (Å²) in [6.07, 6.45) is 0. The van der Waals surface area contributed by atoms with E-state index >= 15 is 4.57 Å². The Bertz CT molecular complexity index is 2270. The van der Waals surface area contributed by atoms with Crippen LogP contribution in [0.4, 0.5) is 0 Å². The third kappa shape index (κ3) is 3.73. The van der Waals surface area contributed by atoms with Crippen molar-refractivity contribution in [1.82, 2.24) is 4.98 Å². The van der Waals surface area contributed by atoms with Gasteiger partial charge in [-0.05, 0) is 27.6 Å². The molecule has 1 aromatic heterocycles. The van der Waals surface area contributed by atoms with Crippen LogP contribution in [0.15, 0.2) is 158 Å². The summed E-state index contributed by atoms with van der Waals surface area (Å²) in [5, 5.41) is 10.4. The topological polar surface area (TPSA) is 30.0 Å². The molecule has 0 aliphatic carbocycles. The van der Waals surface area contributed by atoms with Crippen LogP contribution in [0.2, 0.25) is 0 Å². The van der Waals surface area contributed by atoms with E-state index < -0.39 is 7.14 Å². The monoisotopic (exact) mass is 555 g/mol. The summed E-state index contributed by atoms with van der Waals surface area (Å²) in [6, 6.07) is 53.6. The summed E-state index contributed by atoms with van der Waals surface area (Å²) < 4.78 is 15.3. The average Bonchev–Trinajstić information content (AvgIpc) is 3.08. The molecule has 198 valence electrons. The summed E-state index contributed by atoms with van der Waals surface area (Å²) in [7, 11) is -3.17. The largest absolute Gasteiger partial charge is 0.309 e. The highest BCUT2D eigenvalue weighted by atomic mass is 31.2. The molecule has 0 unspecified atom stereocenters. The first-order valence-corrected chi connectivity index (χ1v) is 15.9. The number of nitrogens with zero attached hydrogens (tertiary/aromatic N) is 1. The summed E-state index contributed by atoms with van der Waals surface area (Å²) in [4.78, 5) is 5.43. The molecular formula is C39H26NOP. The highest BCUT2D eigenvalue weighted by Gasteiger charge is 2.30. The van der Waals surface area contributed by atoms with Crippen molar-refractivity contribution >= 4 is 66.3 Å². The van der Waals surface area contributed by atoms with Gasteiger partial charge in [-0.3, -0.25) is 0 Å². The Morgan fingerprint density at radius 2 is 0.881 bits per heavy atom. The minimum atomic E-state index is -3.17. The van der Waals surface area contributed by atoms with Crippen molar-refractivity contribution in [3.63, 3.8) is 0 Å². The lowest BCUT2D eigenvalue weighted by atomic mass is 9.92. The number of rotatable bonds is 4. The van der Waals surface area contributed by atoms with Crippen molar-refractivity contribution in [2.75, 3.05) is 0 Å². The van der Waals surface area contributed by atoms with Crippen molar-refractivity contribution in [1.29, 1.82) is 0 Å². The molecule has 42 heavy (non-hydrogen) atoms. The molecule has 8 aromatic rings. The molecule has 2 nitrogen and oxygen atoms in total. The van der Waals surface area contributed by atoms with Crippen LogP contribution < -0.4 is 15.9 Å². The van der Waals surface area contributed by atoms with E-state index in [1.54, 1.807) is 0 Å². The zero-order valence-electron chi connectivity index (χ0n) is 22.8. The molecule has 0 bridgehead atoms. The van der Waals surface area contributed by atoms with Crippen LogP contribution in [0, 0.1) is 0 Å². The molecule has 0 fully saturated rings. The van der Waals surface area contributed by atoms with Crippen molar-refractivity contribution in [3.05, 3.63) is 158 Å². The van der Waals surface area contributed by atoms with Gasteiger partial charge in [0.05, 0.1) is 11.2 Å². The fraction of sp³-hybridized carbons (Fsp3) is 0.